The van der Waals surface area contributed by atoms with Crippen molar-refractivity contribution in [2.24, 2.45) is 5.92 Å². The van der Waals surface area contributed by atoms with Crippen LogP contribution in [0.25, 0.3) is 11.0 Å². The quantitative estimate of drug-likeness (QED) is 0.521. The van der Waals surface area contributed by atoms with Crippen LogP contribution in [0.5, 0.6) is 5.75 Å². The predicted octanol–water partition coefficient (Wildman–Crippen LogP) is 4.48. The zero-order valence-corrected chi connectivity index (χ0v) is 17.1. The molecule has 0 saturated heterocycles. The molecule has 0 aliphatic heterocycles. The van der Waals surface area contributed by atoms with Crippen molar-refractivity contribution >= 4 is 38.6 Å². The van der Waals surface area contributed by atoms with Crippen molar-refractivity contribution in [2.45, 2.75) is 38.6 Å². The Kier molecular flexibility index (Phi) is 5.02. The van der Waals surface area contributed by atoms with E-state index in [1.165, 1.54) is 0 Å². The minimum atomic E-state index is -0.121. The molecule has 1 aliphatic carbocycles. The molecule has 1 saturated carbocycles. The van der Waals surface area contributed by atoms with Crippen molar-refractivity contribution in [1.82, 2.24) is 9.55 Å². The fraction of sp³-hybridized carbons (Fsp3) is 0.333. The third-order valence-electron chi connectivity index (χ3n) is 5.55. The number of amides is 1. The number of carbonyl (C=O) groups is 1. The Hall–Kier alpha value is -2.54. The molecule has 1 aliphatic rings. The summed E-state index contributed by atoms with van der Waals surface area (Å²) in [5, 5.41) is 12.8. The standard InChI is InChI=1S/C21H22BrN3O3/c1-12-5-10-16(18(26)11-12)23-20(27)13-6-8-14(9-7-13)25-17-4-2-3-15(22)19(17)24-21(25)28/h2-5,10-11,13-14,26H,6-9H2,1H3,(H,23,27)(H,24,28). The van der Waals surface area contributed by atoms with Crippen LogP contribution in [0.1, 0.15) is 37.3 Å². The monoisotopic (exact) mass is 443 g/mol. The van der Waals surface area contributed by atoms with Crippen LogP contribution < -0.4 is 11.0 Å². The number of H-pyrrole nitrogens is 1. The van der Waals surface area contributed by atoms with Gasteiger partial charge >= 0.3 is 5.69 Å². The number of phenols is 1. The Balaban J connectivity index is 1.46. The van der Waals surface area contributed by atoms with Crippen LogP contribution in [0.4, 0.5) is 5.69 Å². The highest BCUT2D eigenvalue weighted by Gasteiger charge is 2.29. The van der Waals surface area contributed by atoms with Crippen LogP contribution in [0.15, 0.2) is 45.7 Å². The van der Waals surface area contributed by atoms with Gasteiger partial charge in [-0.25, -0.2) is 4.79 Å². The maximum atomic E-state index is 12.6. The Bertz CT molecular complexity index is 1090. The predicted molar refractivity (Wildman–Crippen MR) is 113 cm³/mol. The Labute approximate surface area is 170 Å². The molecule has 1 aromatic heterocycles. The van der Waals surface area contributed by atoms with Crippen molar-refractivity contribution in [2.75, 3.05) is 5.32 Å². The van der Waals surface area contributed by atoms with Crippen molar-refractivity contribution in [3.63, 3.8) is 0 Å². The Morgan fingerprint density at radius 3 is 2.68 bits per heavy atom. The highest BCUT2D eigenvalue weighted by molar-refractivity contribution is 9.10. The molecule has 3 aromatic rings. The van der Waals surface area contributed by atoms with Crippen LogP contribution in [0.3, 0.4) is 0 Å². The SMILES string of the molecule is Cc1ccc(NC(=O)C2CCC(n3c(=O)[nH]c4c(Br)cccc43)CC2)c(O)c1. The van der Waals surface area contributed by atoms with Gasteiger partial charge in [0, 0.05) is 16.4 Å². The highest BCUT2D eigenvalue weighted by atomic mass is 79.9. The van der Waals surface area contributed by atoms with Crippen molar-refractivity contribution in [3.8, 4) is 5.75 Å². The third-order valence-corrected chi connectivity index (χ3v) is 6.21. The summed E-state index contributed by atoms with van der Waals surface area (Å²) in [6, 6.07) is 11.1. The van der Waals surface area contributed by atoms with Crippen LogP contribution in [-0.4, -0.2) is 20.6 Å². The molecule has 0 spiro atoms. The third kappa shape index (κ3) is 3.46. The summed E-state index contributed by atoms with van der Waals surface area (Å²) in [6.45, 7) is 1.89. The van der Waals surface area contributed by atoms with E-state index in [1.54, 1.807) is 12.1 Å². The van der Waals surface area contributed by atoms with Gasteiger partial charge in [0.1, 0.15) is 5.75 Å². The number of hydrogen-bond donors (Lipinski definition) is 3. The van der Waals surface area contributed by atoms with Crippen LogP contribution >= 0.6 is 15.9 Å². The number of nitrogens with zero attached hydrogens (tertiary/aromatic N) is 1. The average molecular weight is 444 g/mol. The fourth-order valence-corrected chi connectivity index (χ4v) is 4.51. The van der Waals surface area contributed by atoms with Gasteiger partial charge in [-0.1, -0.05) is 12.1 Å². The molecule has 0 unspecified atom stereocenters. The van der Waals surface area contributed by atoms with Gasteiger partial charge in [-0.2, -0.15) is 0 Å². The van der Waals surface area contributed by atoms with Crippen molar-refractivity contribution in [1.29, 1.82) is 0 Å². The molecule has 7 heteroatoms. The fourth-order valence-electron chi connectivity index (χ4n) is 4.05. The number of halogens is 1. The molecule has 28 heavy (non-hydrogen) atoms. The van der Waals surface area contributed by atoms with Gasteiger partial charge < -0.3 is 15.4 Å². The molecule has 4 rings (SSSR count). The van der Waals surface area contributed by atoms with E-state index in [2.05, 4.69) is 26.2 Å². The zero-order valence-electron chi connectivity index (χ0n) is 15.5. The largest absolute Gasteiger partial charge is 0.506 e. The summed E-state index contributed by atoms with van der Waals surface area (Å²) >= 11 is 3.48. The van der Waals surface area contributed by atoms with Crippen LogP contribution in [-0.2, 0) is 4.79 Å². The van der Waals surface area contributed by atoms with Gasteiger partial charge in [0.2, 0.25) is 5.91 Å². The number of benzene rings is 2. The minimum absolute atomic E-state index is 0.0763. The summed E-state index contributed by atoms with van der Waals surface area (Å²) in [7, 11) is 0. The average Bonchev–Trinajstić information content (AvgIpc) is 3.01. The first-order chi connectivity index (χ1) is 13.4. The zero-order chi connectivity index (χ0) is 19.8. The van der Waals surface area contributed by atoms with E-state index in [1.807, 2.05) is 35.8 Å². The van der Waals surface area contributed by atoms with Crippen LogP contribution in [0.2, 0.25) is 0 Å². The number of rotatable bonds is 3. The lowest BCUT2D eigenvalue weighted by Gasteiger charge is -2.28. The first-order valence-corrected chi connectivity index (χ1v) is 10.2. The van der Waals surface area contributed by atoms with Gasteiger partial charge in [0.05, 0.1) is 16.7 Å². The van der Waals surface area contributed by atoms with Crippen molar-refractivity contribution < 1.29 is 9.90 Å². The van der Waals surface area contributed by atoms with E-state index in [0.29, 0.717) is 18.5 Å². The maximum Gasteiger partial charge on any atom is 0.326 e. The highest BCUT2D eigenvalue weighted by Crippen LogP contribution is 2.35. The summed E-state index contributed by atoms with van der Waals surface area (Å²) < 4.78 is 2.69. The molecule has 0 radical (unpaired) electrons. The number of carbonyl (C=O) groups excluding carboxylic acids is 1. The van der Waals surface area contributed by atoms with E-state index in [4.69, 9.17) is 0 Å². The number of hydrogen-bond acceptors (Lipinski definition) is 3. The Morgan fingerprint density at radius 1 is 1.21 bits per heavy atom. The normalized spacial score (nSPS) is 19.6. The number of aromatic amines is 1. The first-order valence-electron chi connectivity index (χ1n) is 9.43. The molecule has 0 atom stereocenters. The number of aryl methyl sites for hydroxylation is 1. The Morgan fingerprint density at radius 2 is 1.96 bits per heavy atom. The second kappa shape index (κ2) is 7.47. The van der Waals surface area contributed by atoms with Gasteiger partial charge in [0.15, 0.2) is 0 Å². The molecule has 1 heterocycles. The molecule has 3 N–H and O–H groups in total. The van der Waals surface area contributed by atoms with E-state index >= 15 is 0 Å². The lowest BCUT2D eigenvalue weighted by molar-refractivity contribution is -0.121. The van der Waals surface area contributed by atoms with Gasteiger partial charge in [-0.15, -0.1) is 0 Å². The molecule has 1 amide bonds. The number of imidazole rings is 1. The topological polar surface area (TPSA) is 87.1 Å². The maximum absolute atomic E-state index is 12.6. The van der Waals surface area contributed by atoms with E-state index < -0.39 is 0 Å². The number of phenolic OH excluding ortho intramolecular Hbond substituents is 1. The van der Waals surface area contributed by atoms with E-state index in [0.717, 1.165) is 33.9 Å². The molecule has 146 valence electrons. The van der Waals surface area contributed by atoms with Gasteiger partial charge in [-0.3, -0.25) is 9.36 Å². The number of anilines is 1. The lowest BCUT2D eigenvalue weighted by atomic mass is 9.85. The molecule has 6 nitrogen and oxygen atoms in total. The van der Waals surface area contributed by atoms with E-state index in [-0.39, 0.29) is 29.3 Å². The smallest absolute Gasteiger partial charge is 0.326 e. The van der Waals surface area contributed by atoms with Crippen LogP contribution in [0, 0.1) is 12.8 Å². The molecule has 2 aromatic carbocycles. The molecule has 0 bridgehead atoms. The number of aromatic hydroxyl groups is 1. The van der Waals surface area contributed by atoms with E-state index in [9.17, 15) is 14.7 Å². The summed E-state index contributed by atoms with van der Waals surface area (Å²) in [6.07, 6.45) is 2.93. The van der Waals surface area contributed by atoms with Crippen molar-refractivity contribution in [3.05, 3.63) is 56.9 Å². The minimum Gasteiger partial charge on any atom is -0.506 e. The molecular weight excluding hydrogens is 422 g/mol. The number of para-hydroxylation sites is 1. The number of nitrogens with one attached hydrogen (secondary N) is 2. The van der Waals surface area contributed by atoms with Gasteiger partial charge in [0.25, 0.3) is 0 Å². The first kappa shape index (κ1) is 18.8. The summed E-state index contributed by atoms with van der Waals surface area (Å²) in [4.78, 5) is 28.0. The molecular formula is C21H22BrN3O3. The molecule has 1 fully saturated rings. The lowest BCUT2D eigenvalue weighted by Crippen LogP contribution is -2.31. The summed E-state index contributed by atoms with van der Waals surface area (Å²) in [5.74, 6) is -0.117. The second-order valence-electron chi connectivity index (χ2n) is 7.45. The second-order valence-corrected chi connectivity index (χ2v) is 8.30. The summed E-state index contributed by atoms with van der Waals surface area (Å²) in [5.41, 5.74) is 2.96. The van der Waals surface area contributed by atoms with Gasteiger partial charge in [-0.05, 0) is 78.4 Å². The number of fused-ring (bicyclic) bond motifs is 1. The number of aromatic nitrogens is 2.